The Morgan fingerprint density at radius 2 is 1.29 bits per heavy atom. The molecule has 94 valence electrons. The summed E-state index contributed by atoms with van der Waals surface area (Å²) in [5.41, 5.74) is 0.704. The molecule has 0 aromatic rings. The lowest BCUT2D eigenvalue weighted by molar-refractivity contribution is -0.127. The second-order valence-corrected chi connectivity index (χ2v) is 7.59. The fraction of sp³-hybridized carbons (Fsp3) is 0.938. The molecular formula is C16H24O. The molecule has 1 heteroatoms. The molecule has 5 saturated carbocycles. The van der Waals surface area contributed by atoms with E-state index >= 15 is 0 Å². The van der Waals surface area contributed by atoms with Crippen molar-refractivity contribution in [3.8, 4) is 0 Å². The van der Waals surface area contributed by atoms with Gasteiger partial charge in [0.25, 0.3) is 0 Å². The highest BCUT2D eigenvalue weighted by molar-refractivity contribution is 5.79. The first-order valence-electron chi connectivity index (χ1n) is 7.75. The highest BCUT2D eigenvalue weighted by atomic mass is 16.1. The van der Waals surface area contributed by atoms with Crippen molar-refractivity contribution in [2.75, 3.05) is 0 Å². The molecule has 0 saturated heterocycles. The van der Waals surface area contributed by atoms with Crippen LogP contribution in [0, 0.1) is 29.1 Å². The fourth-order valence-electron chi connectivity index (χ4n) is 6.23. The molecule has 17 heavy (non-hydrogen) atoms. The van der Waals surface area contributed by atoms with Gasteiger partial charge < -0.3 is 0 Å². The van der Waals surface area contributed by atoms with Gasteiger partial charge in [0.15, 0.2) is 0 Å². The van der Waals surface area contributed by atoms with E-state index in [2.05, 4.69) is 0 Å². The van der Waals surface area contributed by atoms with E-state index in [0.29, 0.717) is 11.2 Å². The van der Waals surface area contributed by atoms with Gasteiger partial charge in [-0.2, -0.15) is 0 Å². The van der Waals surface area contributed by atoms with Crippen LogP contribution in [-0.2, 0) is 4.79 Å². The molecule has 0 amide bonds. The minimum atomic E-state index is 0.533. The van der Waals surface area contributed by atoms with E-state index in [1.54, 1.807) is 19.3 Å². The zero-order valence-corrected chi connectivity index (χ0v) is 10.8. The van der Waals surface area contributed by atoms with Gasteiger partial charge in [0, 0.05) is 12.8 Å². The molecule has 1 nitrogen and oxygen atoms in total. The molecule has 0 heterocycles. The van der Waals surface area contributed by atoms with Crippen molar-refractivity contribution in [1.29, 1.82) is 0 Å². The van der Waals surface area contributed by atoms with Gasteiger partial charge in [0.1, 0.15) is 5.78 Å². The van der Waals surface area contributed by atoms with Gasteiger partial charge in [-0.05, 0) is 80.5 Å². The van der Waals surface area contributed by atoms with Crippen molar-refractivity contribution in [1.82, 2.24) is 0 Å². The largest absolute Gasteiger partial charge is 0.300 e. The third kappa shape index (κ3) is 1.61. The van der Waals surface area contributed by atoms with Crippen LogP contribution in [0.4, 0.5) is 0 Å². The SMILES string of the molecule is O=C1CCC(C23CC4CC(CC(C4)C2)C3)CC1. The summed E-state index contributed by atoms with van der Waals surface area (Å²) in [6, 6.07) is 0. The molecule has 0 spiro atoms. The van der Waals surface area contributed by atoms with E-state index in [-0.39, 0.29) is 0 Å². The van der Waals surface area contributed by atoms with Crippen LogP contribution in [-0.4, -0.2) is 5.78 Å². The first-order valence-corrected chi connectivity index (χ1v) is 7.75. The normalized spacial score (nSPS) is 49.9. The second kappa shape index (κ2) is 3.59. The molecule has 0 N–H and O–H groups in total. The van der Waals surface area contributed by atoms with Crippen molar-refractivity contribution in [3.63, 3.8) is 0 Å². The first-order chi connectivity index (χ1) is 8.23. The summed E-state index contributed by atoms with van der Waals surface area (Å²) < 4.78 is 0. The van der Waals surface area contributed by atoms with Gasteiger partial charge in [-0.1, -0.05) is 0 Å². The summed E-state index contributed by atoms with van der Waals surface area (Å²) in [6.07, 6.45) is 13.5. The van der Waals surface area contributed by atoms with Crippen LogP contribution in [0.25, 0.3) is 0 Å². The summed E-state index contributed by atoms with van der Waals surface area (Å²) >= 11 is 0. The monoisotopic (exact) mass is 232 g/mol. The number of carbonyl (C=O) groups is 1. The predicted molar refractivity (Wildman–Crippen MR) is 67.6 cm³/mol. The zero-order valence-electron chi connectivity index (χ0n) is 10.8. The minimum Gasteiger partial charge on any atom is -0.300 e. The van der Waals surface area contributed by atoms with Crippen molar-refractivity contribution < 1.29 is 4.79 Å². The Labute approximate surface area is 104 Å². The molecule has 5 aliphatic carbocycles. The van der Waals surface area contributed by atoms with E-state index in [1.807, 2.05) is 0 Å². The number of ketones is 1. The molecular weight excluding hydrogens is 208 g/mol. The Hall–Kier alpha value is -0.330. The molecule has 0 atom stereocenters. The maximum atomic E-state index is 11.4. The topological polar surface area (TPSA) is 17.1 Å². The van der Waals surface area contributed by atoms with Gasteiger partial charge in [0.05, 0.1) is 0 Å². The molecule has 0 radical (unpaired) electrons. The van der Waals surface area contributed by atoms with Gasteiger partial charge >= 0.3 is 0 Å². The van der Waals surface area contributed by atoms with Crippen LogP contribution in [0.2, 0.25) is 0 Å². The molecule has 5 aliphatic rings. The Bertz CT molecular complexity index is 298. The highest BCUT2D eigenvalue weighted by Gasteiger charge is 2.54. The summed E-state index contributed by atoms with van der Waals surface area (Å²) in [5.74, 6) is 4.65. The van der Waals surface area contributed by atoms with Crippen LogP contribution >= 0.6 is 0 Å². The Kier molecular flexibility index (Phi) is 2.23. The molecule has 0 aromatic carbocycles. The summed E-state index contributed by atoms with van der Waals surface area (Å²) in [6.45, 7) is 0. The lowest BCUT2D eigenvalue weighted by Crippen LogP contribution is -2.50. The van der Waals surface area contributed by atoms with Crippen LogP contribution in [0.15, 0.2) is 0 Å². The quantitative estimate of drug-likeness (QED) is 0.668. The van der Waals surface area contributed by atoms with Gasteiger partial charge in [-0.15, -0.1) is 0 Å². The molecule has 5 rings (SSSR count). The van der Waals surface area contributed by atoms with Crippen molar-refractivity contribution in [2.24, 2.45) is 29.1 Å². The molecule has 0 unspecified atom stereocenters. The minimum absolute atomic E-state index is 0.533. The number of hydrogen-bond donors (Lipinski definition) is 0. The van der Waals surface area contributed by atoms with Gasteiger partial charge in [-0.3, -0.25) is 4.79 Å². The lowest BCUT2D eigenvalue weighted by Gasteiger charge is -2.60. The summed E-state index contributed by atoms with van der Waals surface area (Å²) in [7, 11) is 0. The number of Topliss-reactive ketones (excluding diaryl/α,β-unsaturated/α-hetero) is 1. The Morgan fingerprint density at radius 1 is 0.824 bits per heavy atom. The molecule has 0 aliphatic heterocycles. The summed E-state index contributed by atoms with van der Waals surface area (Å²) in [4.78, 5) is 11.4. The van der Waals surface area contributed by atoms with Crippen LogP contribution in [0.3, 0.4) is 0 Å². The first kappa shape index (κ1) is 10.6. The number of hydrogen-bond acceptors (Lipinski definition) is 1. The average Bonchev–Trinajstić information content (AvgIpc) is 2.27. The standard InChI is InChI=1S/C16H24O/c17-15-3-1-14(2-4-15)16-8-11-5-12(9-16)7-13(6-11)10-16/h11-14H,1-10H2. The van der Waals surface area contributed by atoms with Crippen LogP contribution < -0.4 is 0 Å². The van der Waals surface area contributed by atoms with Gasteiger partial charge in [-0.25, -0.2) is 0 Å². The summed E-state index contributed by atoms with van der Waals surface area (Å²) in [5, 5.41) is 0. The second-order valence-electron chi connectivity index (χ2n) is 7.59. The van der Waals surface area contributed by atoms with Gasteiger partial charge in [0.2, 0.25) is 0 Å². The average molecular weight is 232 g/mol. The molecule has 5 fully saturated rings. The van der Waals surface area contributed by atoms with Crippen molar-refractivity contribution in [2.45, 2.75) is 64.2 Å². The number of rotatable bonds is 1. The predicted octanol–water partition coefficient (Wildman–Crippen LogP) is 3.96. The lowest BCUT2D eigenvalue weighted by atomic mass is 9.45. The maximum absolute atomic E-state index is 11.4. The van der Waals surface area contributed by atoms with Crippen molar-refractivity contribution in [3.05, 3.63) is 0 Å². The van der Waals surface area contributed by atoms with Crippen LogP contribution in [0.1, 0.15) is 64.2 Å². The van der Waals surface area contributed by atoms with E-state index in [4.69, 9.17) is 0 Å². The Balaban J connectivity index is 1.58. The van der Waals surface area contributed by atoms with Crippen LogP contribution in [0.5, 0.6) is 0 Å². The van der Waals surface area contributed by atoms with E-state index in [1.165, 1.54) is 32.1 Å². The third-order valence-electron chi connectivity index (χ3n) is 6.49. The van der Waals surface area contributed by atoms with E-state index in [0.717, 1.165) is 36.5 Å². The third-order valence-corrected chi connectivity index (χ3v) is 6.49. The van der Waals surface area contributed by atoms with E-state index in [9.17, 15) is 4.79 Å². The van der Waals surface area contributed by atoms with E-state index < -0.39 is 0 Å². The molecule has 4 bridgehead atoms. The molecule has 0 aromatic heterocycles. The highest BCUT2D eigenvalue weighted by Crippen LogP contribution is 2.64. The number of carbonyl (C=O) groups excluding carboxylic acids is 1. The smallest absolute Gasteiger partial charge is 0.132 e. The fourth-order valence-corrected chi connectivity index (χ4v) is 6.23. The maximum Gasteiger partial charge on any atom is 0.132 e. The zero-order chi connectivity index (χ0) is 11.5. The Morgan fingerprint density at radius 3 is 1.76 bits per heavy atom. The van der Waals surface area contributed by atoms with Crippen molar-refractivity contribution >= 4 is 5.78 Å².